The van der Waals surface area contributed by atoms with Gasteiger partial charge < -0.3 is 4.74 Å². The van der Waals surface area contributed by atoms with Crippen molar-refractivity contribution >= 4 is 21.4 Å². The number of morpholine rings is 1. The van der Waals surface area contributed by atoms with Crippen LogP contribution in [0.4, 0.5) is 0 Å². The molecule has 0 spiro atoms. The van der Waals surface area contributed by atoms with Gasteiger partial charge >= 0.3 is 0 Å². The molecule has 0 radical (unpaired) electrons. The van der Waals surface area contributed by atoms with E-state index in [9.17, 15) is 8.42 Å². The first kappa shape index (κ1) is 19.5. The van der Waals surface area contributed by atoms with Crippen LogP contribution >= 0.6 is 11.3 Å². The normalized spacial score (nSPS) is 17.3. The summed E-state index contributed by atoms with van der Waals surface area (Å²) in [5.41, 5.74) is 3.10. The topological polar surface area (TPSA) is 58.6 Å². The van der Waals surface area contributed by atoms with E-state index in [1.165, 1.54) is 10.4 Å². The molecule has 0 bridgehead atoms. The number of ether oxygens (including phenoxy) is 1. The number of nitrogens with one attached hydrogen (secondary N) is 1. The SMILES string of the molecule is Cc1ccc(CS(=O)(=O)NCC(c2cccs2)N2CCOCC2)cc1C. The van der Waals surface area contributed by atoms with Gasteiger partial charge in [-0.2, -0.15) is 0 Å². The second kappa shape index (κ2) is 8.63. The molecule has 0 amide bonds. The van der Waals surface area contributed by atoms with Crippen LogP contribution in [0.5, 0.6) is 0 Å². The molecule has 1 N–H and O–H groups in total. The van der Waals surface area contributed by atoms with Gasteiger partial charge in [0.15, 0.2) is 0 Å². The van der Waals surface area contributed by atoms with Crippen molar-refractivity contribution in [3.8, 4) is 0 Å². The van der Waals surface area contributed by atoms with Crippen LogP contribution in [0.3, 0.4) is 0 Å². The lowest BCUT2D eigenvalue weighted by Crippen LogP contribution is -2.43. The van der Waals surface area contributed by atoms with Crippen molar-refractivity contribution < 1.29 is 13.2 Å². The molecule has 1 atom stereocenters. The molecule has 1 aromatic carbocycles. The van der Waals surface area contributed by atoms with Crippen molar-refractivity contribution in [3.05, 3.63) is 57.3 Å². The van der Waals surface area contributed by atoms with Crippen LogP contribution in [0.2, 0.25) is 0 Å². The van der Waals surface area contributed by atoms with Crippen LogP contribution in [0.15, 0.2) is 35.7 Å². The summed E-state index contributed by atoms with van der Waals surface area (Å²) in [6.07, 6.45) is 0. The van der Waals surface area contributed by atoms with E-state index in [0.717, 1.165) is 24.2 Å². The molecular weight excluding hydrogens is 368 g/mol. The molecular formula is C19H26N2O3S2. The molecule has 1 aromatic heterocycles. The van der Waals surface area contributed by atoms with Gasteiger partial charge in [-0.25, -0.2) is 13.1 Å². The molecule has 1 aliphatic rings. The summed E-state index contributed by atoms with van der Waals surface area (Å²) >= 11 is 1.67. The minimum absolute atomic E-state index is 0.00832. The standard InChI is InChI=1S/C19H26N2O3S2/c1-15-5-6-17(12-16(15)2)14-26(22,23)20-13-18(19-4-3-11-25-19)21-7-9-24-10-8-21/h3-6,11-12,18,20H,7-10,13-14H2,1-2H3. The molecule has 7 heteroatoms. The Morgan fingerprint density at radius 1 is 1.19 bits per heavy atom. The molecule has 0 saturated carbocycles. The molecule has 1 fully saturated rings. The fourth-order valence-electron chi connectivity index (χ4n) is 3.15. The number of aryl methyl sites for hydroxylation is 2. The van der Waals surface area contributed by atoms with Gasteiger partial charge in [0, 0.05) is 24.5 Å². The van der Waals surface area contributed by atoms with E-state index >= 15 is 0 Å². The molecule has 1 unspecified atom stereocenters. The highest BCUT2D eigenvalue weighted by molar-refractivity contribution is 7.88. The zero-order valence-electron chi connectivity index (χ0n) is 15.3. The monoisotopic (exact) mass is 394 g/mol. The van der Waals surface area contributed by atoms with Crippen LogP contribution in [0.25, 0.3) is 0 Å². The molecule has 2 aromatic rings. The number of benzene rings is 1. The lowest BCUT2D eigenvalue weighted by Gasteiger charge is -2.34. The van der Waals surface area contributed by atoms with E-state index in [4.69, 9.17) is 4.74 Å². The van der Waals surface area contributed by atoms with Gasteiger partial charge in [0.25, 0.3) is 0 Å². The minimum Gasteiger partial charge on any atom is -0.379 e. The summed E-state index contributed by atoms with van der Waals surface area (Å²) in [6, 6.07) is 9.95. The third-order valence-corrected chi connectivity index (χ3v) is 7.08. The summed E-state index contributed by atoms with van der Waals surface area (Å²) in [5, 5.41) is 2.03. The molecule has 1 aliphatic heterocycles. The maximum absolute atomic E-state index is 12.6. The van der Waals surface area contributed by atoms with Crippen molar-refractivity contribution in [3.63, 3.8) is 0 Å². The average molecular weight is 395 g/mol. The average Bonchev–Trinajstić information content (AvgIpc) is 3.13. The summed E-state index contributed by atoms with van der Waals surface area (Å²) in [4.78, 5) is 3.48. The first-order valence-corrected chi connectivity index (χ1v) is 11.4. The first-order valence-electron chi connectivity index (χ1n) is 8.83. The zero-order valence-corrected chi connectivity index (χ0v) is 16.9. The van der Waals surface area contributed by atoms with Crippen molar-refractivity contribution in [2.45, 2.75) is 25.6 Å². The third kappa shape index (κ3) is 5.14. The second-order valence-electron chi connectivity index (χ2n) is 6.71. The van der Waals surface area contributed by atoms with Crippen LogP contribution < -0.4 is 4.72 Å². The number of thiophene rings is 1. The highest BCUT2D eigenvalue weighted by atomic mass is 32.2. The minimum atomic E-state index is -3.39. The van der Waals surface area contributed by atoms with Gasteiger partial charge in [-0.05, 0) is 42.0 Å². The third-order valence-electron chi connectivity index (χ3n) is 4.78. The first-order chi connectivity index (χ1) is 12.4. The molecule has 5 nitrogen and oxygen atoms in total. The maximum Gasteiger partial charge on any atom is 0.215 e. The number of hydrogen-bond donors (Lipinski definition) is 1. The fourth-order valence-corrected chi connectivity index (χ4v) is 5.14. The summed E-state index contributed by atoms with van der Waals surface area (Å²) in [6.45, 7) is 7.44. The van der Waals surface area contributed by atoms with Crippen LogP contribution in [0.1, 0.15) is 27.6 Å². The lowest BCUT2D eigenvalue weighted by atomic mass is 10.1. The van der Waals surface area contributed by atoms with Crippen LogP contribution in [-0.2, 0) is 20.5 Å². The summed E-state index contributed by atoms with van der Waals surface area (Å²) in [5.74, 6) is 0.00832. The summed E-state index contributed by atoms with van der Waals surface area (Å²) < 4.78 is 33.5. The molecule has 26 heavy (non-hydrogen) atoms. The van der Waals surface area contributed by atoms with Gasteiger partial charge in [0.1, 0.15) is 0 Å². The predicted molar refractivity (Wildman–Crippen MR) is 106 cm³/mol. The number of nitrogens with zero attached hydrogens (tertiary/aromatic N) is 1. The van der Waals surface area contributed by atoms with Crippen molar-refractivity contribution in [2.24, 2.45) is 0 Å². The van der Waals surface area contributed by atoms with Crippen LogP contribution in [-0.4, -0.2) is 46.2 Å². The van der Waals surface area contributed by atoms with Gasteiger partial charge in [0.05, 0.1) is 25.0 Å². The van der Waals surface area contributed by atoms with Crippen molar-refractivity contribution in [1.82, 2.24) is 9.62 Å². The predicted octanol–water partition coefficient (Wildman–Crippen LogP) is 2.86. The lowest BCUT2D eigenvalue weighted by molar-refractivity contribution is 0.0179. The smallest absolute Gasteiger partial charge is 0.215 e. The van der Waals surface area contributed by atoms with E-state index in [0.29, 0.717) is 19.8 Å². The van der Waals surface area contributed by atoms with Gasteiger partial charge in [-0.3, -0.25) is 4.90 Å². The summed E-state index contributed by atoms with van der Waals surface area (Å²) in [7, 11) is -3.39. The van der Waals surface area contributed by atoms with E-state index in [-0.39, 0.29) is 11.8 Å². The molecule has 0 aliphatic carbocycles. The Morgan fingerprint density at radius 3 is 2.62 bits per heavy atom. The Kier molecular flexibility index (Phi) is 6.47. The molecule has 2 heterocycles. The van der Waals surface area contributed by atoms with E-state index in [2.05, 4.69) is 15.7 Å². The van der Waals surface area contributed by atoms with Gasteiger partial charge in [0.2, 0.25) is 10.0 Å². The zero-order chi connectivity index (χ0) is 18.6. The van der Waals surface area contributed by atoms with Crippen molar-refractivity contribution in [1.29, 1.82) is 0 Å². The Labute approximate surface area is 160 Å². The molecule has 142 valence electrons. The second-order valence-corrected chi connectivity index (χ2v) is 9.49. The number of sulfonamides is 1. The fraction of sp³-hybridized carbons (Fsp3) is 0.474. The Morgan fingerprint density at radius 2 is 1.96 bits per heavy atom. The van der Waals surface area contributed by atoms with Gasteiger partial charge in [-0.1, -0.05) is 24.3 Å². The molecule has 1 saturated heterocycles. The van der Waals surface area contributed by atoms with E-state index in [1.807, 2.05) is 43.5 Å². The van der Waals surface area contributed by atoms with E-state index < -0.39 is 10.0 Å². The number of rotatable bonds is 7. The number of hydrogen-bond acceptors (Lipinski definition) is 5. The maximum atomic E-state index is 12.6. The Bertz CT molecular complexity index is 813. The van der Waals surface area contributed by atoms with E-state index in [1.54, 1.807) is 11.3 Å². The molecule has 3 rings (SSSR count). The Hall–Kier alpha value is -1.25. The van der Waals surface area contributed by atoms with Crippen molar-refractivity contribution in [2.75, 3.05) is 32.8 Å². The Balaban J connectivity index is 1.67. The largest absolute Gasteiger partial charge is 0.379 e. The quantitative estimate of drug-likeness (QED) is 0.785. The van der Waals surface area contributed by atoms with Crippen LogP contribution in [0, 0.1) is 13.8 Å². The van der Waals surface area contributed by atoms with Gasteiger partial charge in [-0.15, -0.1) is 11.3 Å². The highest BCUT2D eigenvalue weighted by Crippen LogP contribution is 2.25. The highest BCUT2D eigenvalue weighted by Gasteiger charge is 2.25.